The second kappa shape index (κ2) is 26.5. The van der Waals surface area contributed by atoms with Gasteiger partial charge in [0.1, 0.15) is 11.6 Å². The highest BCUT2D eigenvalue weighted by atomic mass is 79.9. The number of anilines is 2. The van der Waals surface area contributed by atoms with Crippen molar-refractivity contribution in [3.05, 3.63) is 140 Å². The lowest BCUT2D eigenvalue weighted by Crippen LogP contribution is -1.97. The number of rotatable bonds is 6. The van der Waals surface area contributed by atoms with E-state index in [1.807, 2.05) is 13.8 Å². The molecule has 0 bridgehead atoms. The van der Waals surface area contributed by atoms with Crippen LogP contribution in [0.5, 0.6) is 0 Å². The van der Waals surface area contributed by atoms with E-state index in [0.717, 1.165) is 22.5 Å². The molecule has 57 heavy (non-hydrogen) atoms. The standard InChI is InChI=1S/C11H10Cl2N4S.C6H4BrCl2N.C6H5Cl2NO.C6H3Cl2NO.C5H7N3S/c1-6-2-10(14)17-11(16-6)18-5-7-8(12)3-15-4-9(7)13;7-1-4-5(8)2-10-3-6(4)9;2*7-5-1-9-2-6(8)4(5)3-10;1-3-2-4(6)8-5(9)7-3/h2-4H,5H2,1H3,(H2,14,16,17);2-3H,1H2;1-2,10H,3H2;1-3H;2H,1H3,(H3,6,7,8,9). The van der Waals surface area contributed by atoms with Gasteiger partial charge in [-0.3, -0.25) is 24.7 Å². The molecular weight excluding hydrogens is 1010 g/mol. The van der Waals surface area contributed by atoms with Crippen LogP contribution in [0.2, 0.25) is 40.2 Å². The molecule has 302 valence electrons. The van der Waals surface area contributed by atoms with Gasteiger partial charge < -0.3 is 21.6 Å². The average Bonchev–Trinajstić information content (AvgIpc) is 3.12. The number of hydrogen-bond acceptors (Lipinski definition) is 13. The number of aromatic nitrogens is 8. The fourth-order valence-electron chi connectivity index (χ4n) is 3.63. The number of alkyl halides is 1. The molecule has 23 heteroatoms. The van der Waals surface area contributed by atoms with E-state index in [-0.39, 0.29) is 16.7 Å². The molecule has 6 aromatic rings. The summed E-state index contributed by atoms with van der Waals surface area (Å²) in [6, 6.07) is 3.45. The summed E-state index contributed by atoms with van der Waals surface area (Å²) < 4.78 is 0.438. The molecule has 0 atom stereocenters. The number of carbonyl (C=O) groups excluding carboxylic acids is 1. The molecule has 6 aromatic heterocycles. The summed E-state index contributed by atoms with van der Waals surface area (Å²) in [6.45, 7) is 3.60. The van der Waals surface area contributed by atoms with Gasteiger partial charge in [-0.05, 0) is 32.1 Å². The summed E-state index contributed by atoms with van der Waals surface area (Å²) in [5.74, 6) is 1.50. The molecule has 6 heterocycles. The van der Waals surface area contributed by atoms with Crippen molar-refractivity contribution in [2.24, 2.45) is 0 Å². The van der Waals surface area contributed by atoms with Crippen LogP contribution >= 0.6 is 133 Å². The van der Waals surface area contributed by atoms with E-state index in [1.54, 1.807) is 36.9 Å². The van der Waals surface area contributed by atoms with Crippen molar-refractivity contribution >= 4 is 151 Å². The maximum Gasteiger partial charge on any atom is 0.198 e. The van der Waals surface area contributed by atoms with E-state index < -0.39 is 0 Å². The van der Waals surface area contributed by atoms with Gasteiger partial charge in [0, 0.05) is 94.8 Å². The topological polar surface area (TPSA) is 195 Å². The predicted molar refractivity (Wildman–Crippen MR) is 240 cm³/mol. The summed E-state index contributed by atoms with van der Waals surface area (Å²) in [5.41, 5.74) is 15.3. The van der Waals surface area contributed by atoms with Crippen LogP contribution < -0.4 is 11.5 Å². The third-order valence-corrected chi connectivity index (χ3v) is 10.4. The number of aldehydes is 1. The first-order valence-electron chi connectivity index (χ1n) is 15.3. The van der Waals surface area contributed by atoms with Gasteiger partial charge in [-0.2, -0.15) is 0 Å². The highest BCUT2D eigenvalue weighted by Gasteiger charge is 2.09. The first-order valence-corrected chi connectivity index (χ1v) is 20.9. The Morgan fingerprint density at radius 2 is 1.11 bits per heavy atom. The molecule has 0 aliphatic carbocycles. The smallest absolute Gasteiger partial charge is 0.198 e. The average molecular weight is 1040 g/mol. The Morgan fingerprint density at radius 1 is 0.684 bits per heavy atom. The minimum absolute atomic E-state index is 0.153. The van der Waals surface area contributed by atoms with E-state index in [1.165, 1.54) is 36.5 Å². The normalized spacial score (nSPS) is 9.96. The van der Waals surface area contributed by atoms with Crippen LogP contribution in [-0.4, -0.2) is 51.3 Å². The molecule has 6 rings (SSSR count). The van der Waals surface area contributed by atoms with Crippen molar-refractivity contribution in [2.75, 3.05) is 11.5 Å². The summed E-state index contributed by atoms with van der Waals surface area (Å²) in [4.78, 5) is 40.4. The monoisotopic (exact) mass is 1030 g/mol. The highest BCUT2D eigenvalue weighted by molar-refractivity contribution is 9.08. The number of thioether (sulfide) groups is 1. The second-order valence-electron chi connectivity index (χ2n) is 10.5. The maximum atomic E-state index is 10.3. The number of aliphatic hydroxyl groups is 1. The van der Waals surface area contributed by atoms with Gasteiger partial charge in [-0.15, -0.1) is 0 Å². The van der Waals surface area contributed by atoms with E-state index in [4.69, 9.17) is 122 Å². The molecule has 0 saturated heterocycles. The SMILES string of the molecule is Cc1cc(N)nc(=S)[nH]1.Cc1cc(N)nc(SCc2c(Cl)cncc2Cl)n1.Clc1cncc(Cl)c1CBr.O=Cc1c(Cl)cncc1Cl.OCc1c(Cl)cncc1Cl. The van der Waals surface area contributed by atoms with E-state index in [9.17, 15) is 4.79 Å². The minimum Gasteiger partial charge on any atom is -0.392 e. The summed E-state index contributed by atoms with van der Waals surface area (Å²) in [7, 11) is 0. The Balaban J connectivity index is 0.000000254. The van der Waals surface area contributed by atoms with Crippen LogP contribution in [0.15, 0.2) is 66.9 Å². The van der Waals surface area contributed by atoms with Crippen LogP contribution in [0.3, 0.4) is 0 Å². The lowest BCUT2D eigenvalue weighted by molar-refractivity contribution is 0.112. The zero-order chi connectivity index (χ0) is 42.7. The van der Waals surface area contributed by atoms with Crippen LogP contribution in [0.4, 0.5) is 11.6 Å². The molecule has 0 aromatic carbocycles. The minimum atomic E-state index is -0.153. The molecule has 0 spiro atoms. The van der Waals surface area contributed by atoms with Crippen LogP contribution in [0.1, 0.15) is 38.4 Å². The molecule has 0 unspecified atom stereocenters. The van der Waals surface area contributed by atoms with Crippen molar-refractivity contribution in [2.45, 2.75) is 36.7 Å². The number of halogens is 9. The van der Waals surface area contributed by atoms with Crippen molar-refractivity contribution < 1.29 is 9.90 Å². The summed E-state index contributed by atoms with van der Waals surface area (Å²) >= 11 is 55.4. The van der Waals surface area contributed by atoms with Gasteiger partial charge in [0.2, 0.25) is 0 Å². The Morgan fingerprint density at radius 3 is 1.44 bits per heavy atom. The van der Waals surface area contributed by atoms with Gasteiger partial charge in [0.05, 0.1) is 52.4 Å². The molecule has 12 nitrogen and oxygen atoms in total. The van der Waals surface area contributed by atoms with Gasteiger partial charge in [0.15, 0.2) is 16.2 Å². The number of hydrogen-bond donors (Lipinski definition) is 4. The second-order valence-corrected chi connectivity index (χ2v) is 15.6. The molecule has 0 saturated carbocycles. The van der Waals surface area contributed by atoms with Crippen LogP contribution in [0.25, 0.3) is 0 Å². The van der Waals surface area contributed by atoms with Gasteiger partial charge in [0.25, 0.3) is 0 Å². The summed E-state index contributed by atoms with van der Waals surface area (Å²) in [5, 5.41) is 13.6. The van der Waals surface area contributed by atoms with Crippen molar-refractivity contribution in [1.82, 2.24) is 39.9 Å². The molecule has 6 N–H and O–H groups in total. The quantitative estimate of drug-likeness (QED) is 0.0405. The summed E-state index contributed by atoms with van der Waals surface area (Å²) in [6.07, 6.45) is 12.5. The Hall–Kier alpha value is -2.64. The van der Waals surface area contributed by atoms with E-state index in [0.29, 0.717) is 80.2 Å². The number of nitrogen functional groups attached to an aromatic ring is 2. The number of nitrogens with one attached hydrogen (secondary N) is 1. The number of nitrogens with zero attached hydrogens (tertiary/aromatic N) is 7. The lowest BCUT2D eigenvalue weighted by atomic mass is 10.3. The van der Waals surface area contributed by atoms with E-state index in [2.05, 4.69) is 55.8 Å². The first kappa shape index (κ1) is 50.5. The Labute approximate surface area is 385 Å². The number of nitrogens with two attached hydrogens (primary N) is 2. The molecule has 0 aliphatic rings. The fraction of sp³-hybridized carbons (Fsp3) is 0.147. The number of aryl methyl sites for hydroxylation is 2. The molecule has 0 fully saturated rings. The zero-order valence-corrected chi connectivity index (χ0v) is 38.6. The van der Waals surface area contributed by atoms with Gasteiger partial charge >= 0.3 is 0 Å². The number of pyridine rings is 4. The molecule has 0 aliphatic heterocycles. The van der Waals surface area contributed by atoms with Crippen molar-refractivity contribution in [1.29, 1.82) is 0 Å². The van der Waals surface area contributed by atoms with Crippen molar-refractivity contribution in [3.63, 3.8) is 0 Å². The fourth-order valence-corrected chi connectivity index (χ4v) is 7.88. The highest BCUT2D eigenvalue weighted by Crippen LogP contribution is 2.30. The zero-order valence-electron chi connectivity index (χ0n) is 29.3. The largest absolute Gasteiger partial charge is 0.392 e. The van der Waals surface area contributed by atoms with Crippen LogP contribution in [0, 0.1) is 18.6 Å². The lowest BCUT2D eigenvalue weighted by Gasteiger charge is -2.06. The molecule has 0 amide bonds. The number of aromatic amines is 1. The van der Waals surface area contributed by atoms with Crippen molar-refractivity contribution in [3.8, 4) is 0 Å². The number of carbonyl (C=O) groups is 1. The molecule has 0 radical (unpaired) electrons. The first-order chi connectivity index (χ1) is 27.0. The van der Waals surface area contributed by atoms with Gasteiger partial charge in [-0.1, -0.05) is 120 Å². The number of aliphatic hydroxyl groups excluding tert-OH is 1. The maximum absolute atomic E-state index is 10.3. The van der Waals surface area contributed by atoms with Gasteiger partial charge in [-0.25, -0.2) is 15.0 Å². The third kappa shape index (κ3) is 18.0. The third-order valence-electron chi connectivity index (χ3n) is 6.26. The van der Waals surface area contributed by atoms with E-state index >= 15 is 0 Å². The predicted octanol–water partition coefficient (Wildman–Crippen LogP) is 11.8. The number of H-pyrrole nitrogens is 1. The van der Waals surface area contributed by atoms with Crippen LogP contribution in [-0.2, 0) is 17.7 Å². The molecular formula is C34H29BrCl8N10O2S2. The Bertz CT molecular complexity index is 2140. The Kier molecular flexibility index (Phi) is 23.4.